The molecule has 0 fully saturated rings. The van der Waals surface area contributed by atoms with Gasteiger partial charge in [0.15, 0.2) is 18.2 Å². The number of nitrogens with zero attached hydrogens (tertiary/aromatic N) is 2. The Hall–Kier alpha value is -2.95. The summed E-state index contributed by atoms with van der Waals surface area (Å²) in [6.45, 7) is 0.211. The lowest BCUT2D eigenvalue weighted by Gasteiger charge is -2.07. The fraction of sp³-hybridized carbons (Fsp3) is 0.250. The van der Waals surface area contributed by atoms with Gasteiger partial charge in [-0.25, -0.2) is 0 Å². The van der Waals surface area contributed by atoms with Gasteiger partial charge < -0.3 is 9.26 Å². The van der Waals surface area contributed by atoms with E-state index in [4.69, 9.17) is 9.26 Å². The number of hydrogen-bond acceptors (Lipinski definition) is 5. The van der Waals surface area contributed by atoms with Crippen LogP contribution in [0.15, 0.2) is 53.1 Å². The van der Waals surface area contributed by atoms with E-state index in [0.717, 1.165) is 36.1 Å². The van der Waals surface area contributed by atoms with Gasteiger partial charge in [0, 0.05) is 24.0 Å². The molecule has 5 heteroatoms. The first-order valence-electron chi connectivity index (χ1n) is 8.43. The summed E-state index contributed by atoms with van der Waals surface area (Å²) in [5.74, 6) is 2.04. The summed E-state index contributed by atoms with van der Waals surface area (Å²) in [4.78, 5) is 16.2. The minimum absolute atomic E-state index is 0.182. The Labute approximate surface area is 145 Å². The molecule has 1 aliphatic carbocycles. The molecule has 0 bridgehead atoms. The van der Waals surface area contributed by atoms with Crippen molar-refractivity contribution in [2.75, 3.05) is 0 Å². The number of fused-ring (bicyclic) bond motifs is 1. The van der Waals surface area contributed by atoms with Gasteiger partial charge in [-0.1, -0.05) is 47.6 Å². The number of ether oxygens (including phenoxy) is 1. The van der Waals surface area contributed by atoms with Crippen molar-refractivity contribution in [3.63, 3.8) is 0 Å². The van der Waals surface area contributed by atoms with Crippen LogP contribution in [0.25, 0.3) is 0 Å². The van der Waals surface area contributed by atoms with Gasteiger partial charge in [0.05, 0.1) is 0 Å². The molecule has 0 spiro atoms. The smallest absolute Gasteiger partial charge is 0.264 e. The number of carbonyl (C=O) groups excluding carboxylic acids is 1. The molecular formula is C20H18N2O3. The second kappa shape index (κ2) is 6.89. The summed E-state index contributed by atoms with van der Waals surface area (Å²) >= 11 is 0. The van der Waals surface area contributed by atoms with Gasteiger partial charge in [-0.3, -0.25) is 4.79 Å². The molecule has 4 rings (SSSR count). The van der Waals surface area contributed by atoms with Gasteiger partial charge >= 0.3 is 0 Å². The van der Waals surface area contributed by atoms with Gasteiger partial charge in [-0.15, -0.1) is 0 Å². The van der Waals surface area contributed by atoms with E-state index in [2.05, 4.69) is 22.3 Å². The zero-order valence-corrected chi connectivity index (χ0v) is 13.8. The monoisotopic (exact) mass is 334 g/mol. The molecule has 1 aliphatic rings. The van der Waals surface area contributed by atoms with Crippen molar-refractivity contribution in [1.82, 2.24) is 10.1 Å². The van der Waals surface area contributed by atoms with Crippen molar-refractivity contribution in [1.29, 1.82) is 0 Å². The minimum atomic E-state index is 0.182. The van der Waals surface area contributed by atoms with E-state index in [9.17, 15) is 4.79 Å². The van der Waals surface area contributed by atoms with E-state index in [1.54, 1.807) is 0 Å². The Morgan fingerprint density at radius 1 is 1.00 bits per heavy atom. The largest absolute Gasteiger partial charge is 0.483 e. The maximum atomic E-state index is 11.8. The van der Waals surface area contributed by atoms with Crippen LogP contribution in [0, 0.1) is 0 Å². The van der Waals surface area contributed by atoms with Gasteiger partial charge in [0.1, 0.15) is 5.75 Å². The molecule has 0 aliphatic heterocycles. The van der Waals surface area contributed by atoms with Crippen LogP contribution < -0.4 is 4.74 Å². The van der Waals surface area contributed by atoms with Crippen molar-refractivity contribution < 1.29 is 14.1 Å². The Morgan fingerprint density at radius 3 is 2.76 bits per heavy atom. The van der Waals surface area contributed by atoms with Gasteiger partial charge in [0.2, 0.25) is 0 Å². The maximum absolute atomic E-state index is 11.8. The van der Waals surface area contributed by atoms with Crippen LogP contribution in [0.1, 0.15) is 39.6 Å². The zero-order chi connectivity index (χ0) is 17.1. The lowest BCUT2D eigenvalue weighted by molar-refractivity contribution is 0.0994. The van der Waals surface area contributed by atoms with Crippen LogP contribution in [-0.4, -0.2) is 15.9 Å². The first-order valence-corrected chi connectivity index (χ1v) is 8.43. The SMILES string of the molecule is O=C1CCc2c(OCc3nc(CCc4ccccc4)no3)cccc21. The minimum Gasteiger partial charge on any atom is -0.483 e. The highest BCUT2D eigenvalue weighted by Crippen LogP contribution is 2.30. The number of benzene rings is 2. The highest BCUT2D eigenvalue weighted by Gasteiger charge is 2.22. The van der Waals surface area contributed by atoms with E-state index in [1.165, 1.54) is 5.56 Å². The number of aromatic nitrogens is 2. The van der Waals surface area contributed by atoms with Crippen molar-refractivity contribution in [2.24, 2.45) is 0 Å². The van der Waals surface area contributed by atoms with Crippen molar-refractivity contribution in [3.8, 4) is 5.75 Å². The summed E-state index contributed by atoms with van der Waals surface area (Å²) in [6.07, 6.45) is 2.88. The molecule has 3 aromatic rings. The fourth-order valence-corrected chi connectivity index (χ4v) is 3.08. The van der Waals surface area contributed by atoms with E-state index < -0.39 is 0 Å². The van der Waals surface area contributed by atoms with Crippen LogP contribution in [-0.2, 0) is 25.9 Å². The highest BCUT2D eigenvalue weighted by molar-refractivity contribution is 6.01. The number of carbonyl (C=O) groups is 1. The standard InChI is InChI=1S/C20H18N2O3/c23-17-11-10-16-15(17)7-4-8-18(16)24-13-20-21-19(22-25-20)12-9-14-5-2-1-3-6-14/h1-8H,9-13H2. The zero-order valence-electron chi connectivity index (χ0n) is 13.8. The predicted molar refractivity (Wildman–Crippen MR) is 91.6 cm³/mol. The Balaban J connectivity index is 1.37. The van der Waals surface area contributed by atoms with Crippen molar-refractivity contribution >= 4 is 5.78 Å². The molecular weight excluding hydrogens is 316 g/mol. The summed E-state index contributed by atoms with van der Waals surface area (Å²) in [5.41, 5.74) is 3.00. The van der Waals surface area contributed by atoms with Crippen LogP contribution in [0.5, 0.6) is 5.75 Å². The number of aryl methyl sites for hydroxylation is 2. The number of hydrogen-bond donors (Lipinski definition) is 0. The van der Waals surface area contributed by atoms with Crippen LogP contribution in [0.2, 0.25) is 0 Å². The molecule has 126 valence electrons. The van der Waals surface area contributed by atoms with E-state index in [-0.39, 0.29) is 12.4 Å². The molecule has 0 atom stereocenters. The molecule has 0 amide bonds. The Morgan fingerprint density at radius 2 is 1.88 bits per heavy atom. The number of Topliss-reactive ketones (excluding diaryl/α,β-unsaturated/α-hetero) is 1. The molecule has 0 N–H and O–H groups in total. The lowest BCUT2D eigenvalue weighted by Crippen LogP contribution is -2.00. The second-order valence-corrected chi connectivity index (χ2v) is 6.08. The number of ketones is 1. The summed E-state index contributed by atoms with van der Waals surface area (Å²) in [5, 5.41) is 4.01. The molecule has 1 heterocycles. The molecule has 1 aromatic heterocycles. The molecule has 25 heavy (non-hydrogen) atoms. The molecule has 0 saturated carbocycles. The van der Waals surface area contributed by atoms with E-state index >= 15 is 0 Å². The van der Waals surface area contributed by atoms with Crippen LogP contribution >= 0.6 is 0 Å². The average molecular weight is 334 g/mol. The third-order valence-electron chi connectivity index (χ3n) is 4.38. The van der Waals surface area contributed by atoms with E-state index in [1.807, 2.05) is 36.4 Å². The first-order chi connectivity index (χ1) is 12.3. The third kappa shape index (κ3) is 3.45. The topological polar surface area (TPSA) is 65.2 Å². The van der Waals surface area contributed by atoms with Crippen LogP contribution in [0.4, 0.5) is 0 Å². The normalized spacial score (nSPS) is 13.0. The highest BCUT2D eigenvalue weighted by atomic mass is 16.5. The van der Waals surface area contributed by atoms with Gasteiger partial charge in [0.25, 0.3) is 5.89 Å². The van der Waals surface area contributed by atoms with Gasteiger partial charge in [-0.2, -0.15) is 4.98 Å². The average Bonchev–Trinajstić information content (AvgIpc) is 3.26. The Bertz CT molecular complexity index is 887. The molecule has 0 saturated heterocycles. The lowest BCUT2D eigenvalue weighted by atomic mass is 10.1. The third-order valence-corrected chi connectivity index (χ3v) is 4.38. The maximum Gasteiger partial charge on any atom is 0.264 e. The van der Waals surface area contributed by atoms with Crippen LogP contribution in [0.3, 0.4) is 0 Å². The molecule has 0 unspecified atom stereocenters. The Kier molecular flexibility index (Phi) is 4.29. The van der Waals surface area contributed by atoms with Gasteiger partial charge in [-0.05, 0) is 24.5 Å². The van der Waals surface area contributed by atoms with Crippen molar-refractivity contribution in [2.45, 2.75) is 32.3 Å². The fourth-order valence-electron chi connectivity index (χ4n) is 3.08. The molecule has 5 nitrogen and oxygen atoms in total. The second-order valence-electron chi connectivity index (χ2n) is 6.08. The molecule has 0 radical (unpaired) electrons. The van der Waals surface area contributed by atoms with Crippen molar-refractivity contribution in [3.05, 3.63) is 76.9 Å². The summed E-state index contributed by atoms with van der Waals surface area (Å²) in [7, 11) is 0. The first kappa shape index (κ1) is 15.6. The summed E-state index contributed by atoms with van der Waals surface area (Å²) in [6, 6.07) is 15.8. The quantitative estimate of drug-likeness (QED) is 0.689. The number of rotatable bonds is 6. The molecule has 2 aromatic carbocycles. The summed E-state index contributed by atoms with van der Waals surface area (Å²) < 4.78 is 11.1. The van der Waals surface area contributed by atoms with E-state index in [0.29, 0.717) is 18.1 Å². The predicted octanol–water partition coefficient (Wildman–Crippen LogP) is 3.56.